The van der Waals surface area contributed by atoms with Crippen molar-refractivity contribution < 1.29 is 9.47 Å². The second-order valence-electron chi connectivity index (χ2n) is 3.25. The van der Waals surface area contributed by atoms with Crippen molar-refractivity contribution in [2.24, 2.45) is 0 Å². The highest BCUT2D eigenvalue weighted by atomic mass is 35.5. The van der Waals surface area contributed by atoms with Gasteiger partial charge in [-0.3, -0.25) is 0 Å². The Morgan fingerprint density at radius 3 is 2.50 bits per heavy atom. The van der Waals surface area contributed by atoms with Gasteiger partial charge in [-0.1, -0.05) is 18.5 Å². The number of ether oxygens (including phenoxy) is 2. The molecule has 0 amide bonds. The summed E-state index contributed by atoms with van der Waals surface area (Å²) < 4.78 is 10.5. The highest BCUT2D eigenvalue weighted by Gasteiger charge is 2.17. The third kappa shape index (κ3) is 2.23. The van der Waals surface area contributed by atoms with E-state index in [1.807, 2.05) is 13.0 Å². The Balaban J connectivity index is 3.45. The molecule has 0 N–H and O–H groups in total. The first-order chi connectivity index (χ1) is 7.69. The number of benzene rings is 1. The highest BCUT2D eigenvalue weighted by molar-refractivity contribution is 6.32. The van der Waals surface area contributed by atoms with Crippen LogP contribution in [-0.2, 0) is 12.8 Å². The van der Waals surface area contributed by atoms with E-state index >= 15 is 0 Å². The minimum atomic E-state index is 0.214. The van der Waals surface area contributed by atoms with Gasteiger partial charge in [-0.25, -0.2) is 0 Å². The van der Waals surface area contributed by atoms with Crippen LogP contribution in [0.15, 0.2) is 6.07 Å². The van der Waals surface area contributed by atoms with Crippen molar-refractivity contribution in [2.75, 3.05) is 14.2 Å². The summed E-state index contributed by atoms with van der Waals surface area (Å²) in [4.78, 5) is 0. The Morgan fingerprint density at radius 2 is 2.06 bits per heavy atom. The molecule has 3 nitrogen and oxygen atoms in total. The van der Waals surface area contributed by atoms with Crippen molar-refractivity contribution in [1.82, 2.24) is 0 Å². The van der Waals surface area contributed by atoms with E-state index in [2.05, 4.69) is 6.07 Å². The second-order valence-corrected chi connectivity index (χ2v) is 3.63. The third-order valence-corrected chi connectivity index (χ3v) is 2.88. The third-order valence-electron chi connectivity index (χ3n) is 2.41. The van der Waals surface area contributed by atoms with Gasteiger partial charge in [0.05, 0.1) is 31.7 Å². The molecule has 0 heterocycles. The van der Waals surface area contributed by atoms with Gasteiger partial charge in [-0.05, 0) is 18.1 Å². The zero-order chi connectivity index (χ0) is 12.1. The van der Waals surface area contributed by atoms with E-state index in [0.717, 1.165) is 12.0 Å². The van der Waals surface area contributed by atoms with Crippen molar-refractivity contribution >= 4 is 11.6 Å². The van der Waals surface area contributed by atoms with E-state index < -0.39 is 0 Å². The molecule has 1 aromatic rings. The van der Waals surface area contributed by atoms with Gasteiger partial charge in [-0.15, -0.1) is 0 Å². The van der Waals surface area contributed by atoms with Crippen LogP contribution in [0.5, 0.6) is 11.5 Å². The molecule has 0 saturated carbocycles. The Labute approximate surface area is 101 Å². The lowest BCUT2D eigenvalue weighted by molar-refractivity contribution is 0.352. The normalized spacial score (nSPS) is 9.69. The first-order valence-electron chi connectivity index (χ1n) is 4.98. The Kier molecular flexibility index (Phi) is 4.45. The van der Waals surface area contributed by atoms with Crippen molar-refractivity contribution in [3.63, 3.8) is 0 Å². The maximum absolute atomic E-state index is 8.79. The fraction of sp³-hybridized carbons (Fsp3) is 0.417. The molecule has 16 heavy (non-hydrogen) atoms. The van der Waals surface area contributed by atoms with Crippen LogP contribution in [0.4, 0.5) is 0 Å². The van der Waals surface area contributed by atoms with E-state index in [-0.39, 0.29) is 6.42 Å². The average molecular weight is 240 g/mol. The van der Waals surface area contributed by atoms with Crippen molar-refractivity contribution in [3.05, 3.63) is 22.2 Å². The minimum absolute atomic E-state index is 0.214. The molecule has 0 atom stereocenters. The highest BCUT2D eigenvalue weighted by Crippen LogP contribution is 2.39. The Morgan fingerprint density at radius 1 is 1.38 bits per heavy atom. The fourth-order valence-electron chi connectivity index (χ4n) is 1.60. The molecule has 0 unspecified atom stereocenters. The zero-order valence-electron chi connectivity index (χ0n) is 9.63. The lowest BCUT2D eigenvalue weighted by atomic mass is 10.0. The van der Waals surface area contributed by atoms with Gasteiger partial charge in [-0.2, -0.15) is 5.26 Å². The average Bonchev–Trinajstić information content (AvgIpc) is 2.31. The molecular weight excluding hydrogens is 226 g/mol. The fourth-order valence-corrected chi connectivity index (χ4v) is 1.94. The molecule has 1 rings (SSSR count). The van der Waals surface area contributed by atoms with E-state index in [0.29, 0.717) is 22.1 Å². The number of rotatable bonds is 4. The number of hydrogen-bond donors (Lipinski definition) is 0. The molecule has 86 valence electrons. The molecular formula is C12H14ClNO2. The second kappa shape index (κ2) is 5.62. The monoisotopic (exact) mass is 239 g/mol. The van der Waals surface area contributed by atoms with Crippen LogP contribution in [0.25, 0.3) is 0 Å². The number of methoxy groups -OCH3 is 2. The van der Waals surface area contributed by atoms with Crippen LogP contribution in [0, 0.1) is 11.3 Å². The predicted molar refractivity (Wildman–Crippen MR) is 63.3 cm³/mol. The van der Waals surface area contributed by atoms with Crippen molar-refractivity contribution in [2.45, 2.75) is 19.8 Å². The lowest BCUT2D eigenvalue weighted by Gasteiger charge is -2.15. The smallest absolute Gasteiger partial charge is 0.166 e. The van der Waals surface area contributed by atoms with E-state index in [1.54, 1.807) is 14.2 Å². The molecule has 0 spiro atoms. The SMILES string of the molecule is CCc1cc(OC)c(OC)c(CC#N)c1Cl. The molecule has 0 fully saturated rings. The first-order valence-corrected chi connectivity index (χ1v) is 5.36. The topological polar surface area (TPSA) is 42.2 Å². The minimum Gasteiger partial charge on any atom is -0.493 e. The Hall–Kier alpha value is -1.40. The number of hydrogen-bond acceptors (Lipinski definition) is 3. The summed E-state index contributed by atoms with van der Waals surface area (Å²) in [5.41, 5.74) is 1.66. The van der Waals surface area contributed by atoms with Gasteiger partial charge in [0.1, 0.15) is 0 Å². The van der Waals surface area contributed by atoms with Crippen molar-refractivity contribution in [3.8, 4) is 17.6 Å². The van der Waals surface area contributed by atoms with Crippen LogP contribution in [0.2, 0.25) is 5.02 Å². The predicted octanol–water partition coefficient (Wildman–Crippen LogP) is 2.99. The zero-order valence-corrected chi connectivity index (χ0v) is 10.4. The van der Waals surface area contributed by atoms with E-state index in [9.17, 15) is 0 Å². The van der Waals surface area contributed by atoms with Crippen LogP contribution < -0.4 is 9.47 Å². The maximum atomic E-state index is 8.79. The first kappa shape index (κ1) is 12.7. The van der Waals surface area contributed by atoms with Crippen LogP contribution in [0.3, 0.4) is 0 Å². The summed E-state index contributed by atoms with van der Waals surface area (Å²) in [6.45, 7) is 2.00. The van der Waals surface area contributed by atoms with Gasteiger partial charge < -0.3 is 9.47 Å². The van der Waals surface area contributed by atoms with E-state index in [1.165, 1.54) is 0 Å². The quantitative estimate of drug-likeness (QED) is 0.811. The summed E-state index contributed by atoms with van der Waals surface area (Å²) in [6.07, 6.45) is 1.00. The molecule has 0 aliphatic rings. The van der Waals surface area contributed by atoms with Crippen molar-refractivity contribution in [1.29, 1.82) is 5.26 Å². The molecule has 1 aromatic carbocycles. The largest absolute Gasteiger partial charge is 0.493 e. The molecule has 4 heteroatoms. The van der Waals surface area contributed by atoms with Crippen LogP contribution in [-0.4, -0.2) is 14.2 Å². The summed E-state index contributed by atoms with van der Waals surface area (Å²) in [7, 11) is 3.11. The molecule has 0 radical (unpaired) electrons. The summed E-state index contributed by atoms with van der Waals surface area (Å²) in [6, 6.07) is 3.93. The maximum Gasteiger partial charge on any atom is 0.166 e. The van der Waals surface area contributed by atoms with Gasteiger partial charge in [0.15, 0.2) is 11.5 Å². The summed E-state index contributed by atoms with van der Waals surface area (Å²) in [5, 5.41) is 9.39. The molecule has 0 aliphatic heterocycles. The lowest BCUT2D eigenvalue weighted by Crippen LogP contribution is -1.99. The van der Waals surface area contributed by atoms with Crippen LogP contribution >= 0.6 is 11.6 Å². The molecule has 0 aromatic heterocycles. The van der Waals surface area contributed by atoms with Crippen LogP contribution in [0.1, 0.15) is 18.1 Å². The molecule has 0 aliphatic carbocycles. The summed E-state index contributed by atoms with van der Waals surface area (Å²) in [5.74, 6) is 1.17. The number of nitrogens with zero attached hydrogens (tertiary/aromatic N) is 1. The van der Waals surface area contributed by atoms with Gasteiger partial charge in [0.25, 0.3) is 0 Å². The number of halogens is 1. The van der Waals surface area contributed by atoms with Gasteiger partial charge >= 0.3 is 0 Å². The standard InChI is InChI=1S/C12H14ClNO2/c1-4-8-7-10(15-2)12(16-3)9(5-6-14)11(8)13/h7H,4-5H2,1-3H3. The van der Waals surface area contributed by atoms with E-state index in [4.69, 9.17) is 26.3 Å². The molecule has 0 saturated heterocycles. The number of aryl methyl sites for hydroxylation is 1. The Bertz CT molecular complexity index is 424. The van der Waals surface area contributed by atoms with Gasteiger partial charge in [0.2, 0.25) is 0 Å². The van der Waals surface area contributed by atoms with Gasteiger partial charge in [0, 0.05) is 5.56 Å². The summed E-state index contributed by atoms with van der Waals surface area (Å²) >= 11 is 6.21. The number of nitriles is 1. The molecule has 0 bridgehead atoms.